The molecule has 2 atom stereocenters. The number of rotatable bonds is 3. The number of carbonyl (C=O) groups excluding carboxylic acids is 1. The summed E-state index contributed by atoms with van der Waals surface area (Å²) in [6.45, 7) is 11.4. The van der Waals surface area contributed by atoms with E-state index < -0.39 is 0 Å². The SMILES string of the molecule is CC1(C)CCC(N(C(=O)C(C)(C)C)[C@@H]2CN[C@H](/C=N/O)C2)CC1. The summed E-state index contributed by atoms with van der Waals surface area (Å²) in [5.74, 6) is 0.246. The molecule has 0 spiro atoms. The molecule has 0 bridgehead atoms. The Balaban J connectivity index is 2.15. The van der Waals surface area contributed by atoms with Crippen LogP contribution in [0.1, 0.15) is 66.7 Å². The van der Waals surface area contributed by atoms with Crippen molar-refractivity contribution >= 4 is 12.1 Å². The molecule has 5 heteroatoms. The summed E-state index contributed by atoms with van der Waals surface area (Å²) >= 11 is 0. The summed E-state index contributed by atoms with van der Waals surface area (Å²) in [5, 5.41) is 15.2. The first-order valence-corrected chi connectivity index (χ1v) is 8.88. The average molecular weight is 323 g/mol. The van der Waals surface area contributed by atoms with Crippen molar-refractivity contribution in [3.63, 3.8) is 0 Å². The van der Waals surface area contributed by atoms with Crippen LogP contribution in [0.15, 0.2) is 5.16 Å². The predicted molar refractivity (Wildman–Crippen MR) is 92.8 cm³/mol. The van der Waals surface area contributed by atoms with Crippen molar-refractivity contribution in [2.24, 2.45) is 16.0 Å². The Kier molecular flexibility index (Phi) is 5.39. The summed E-state index contributed by atoms with van der Waals surface area (Å²) in [4.78, 5) is 15.3. The van der Waals surface area contributed by atoms with Crippen molar-refractivity contribution in [3.8, 4) is 0 Å². The normalized spacial score (nSPS) is 29.1. The lowest BCUT2D eigenvalue weighted by molar-refractivity contribution is -0.145. The number of amides is 1. The smallest absolute Gasteiger partial charge is 0.228 e. The number of nitrogens with one attached hydrogen (secondary N) is 1. The molecule has 1 saturated carbocycles. The second-order valence-electron chi connectivity index (χ2n) is 9.03. The van der Waals surface area contributed by atoms with Gasteiger partial charge in [-0.25, -0.2) is 0 Å². The molecular formula is C18H33N3O2. The van der Waals surface area contributed by atoms with E-state index in [1.807, 2.05) is 20.8 Å². The van der Waals surface area contributed by atoms with E-state index in [-0.39, 0.29) is 23.4 Å². The fourth-order valence-corrected chi connectivity index (χ4v) is 3.83. The third kappa shape index (κ3) is 4.46. The average Bonchev–Trinajstić information content (AvgIpc) is 2.88. The summed E-state index contributed by atoms with van der Waals surface area (Å²) in [6.07, 6.45) is 6.88. The van der Waals surface area contributed by atoms with Gasteiger partial charge in [-0.2, -0.15) is 0 Å². The second kappa shape index (κ2) is 6.80. The Morgan fingerprint density at radius 1 is 1.26 bits per heavy atom. The minimum absolute atomic E-state index is 0.0558. The predicted octanol–water partition coefficient (Wildman–Crippen LogP) is 3.02. The Morgan fingerprint density at radius 3 is 2.39 bits per heavy atom. The van der Waals surface area contributed by atoms with Gasteiger partial charge in [-0.05, 0) is 37.5 Å². The van der Waals surface area contributed by atoms with Crippen LogP contribution in [0.3, 0.4) is 0 Å². The topological polar surface area (TPSA) is 64.9 Å². The van der Waals surface area contributed by atoms with Gasteiger partial charge in [-0.1, -0.05) is 34.6 Å². The van der Waals surface area contributed by atoms with Gasteiger partial charge in [0.2, 0.25) is 5.91 Å². The summed E-state index contributed by atoms with van der Waals surface area (Å²) in [6, 6.07) is 0.586. The minimum atomic E-state index is -0.365. The molecule has 2 rings (SSSR count). The van der Waals surface area contributed by atoms with E-state index in [4.69, 9.17) is 5.21 Å². The summed E-state index contributed by atoms with van der Waals surface area (Å²) in [7, 11) is 0. The van der Waals surface area contributed by atoms with Gasteiger partial charge >= 0.3 is 0 Å². The van der Waals surface area contributed by atoms with E-state index in [1.54, 1.807) is 0 Å². The molecule has 2 fully saturated rings. The van der Waals surface area contributed by atoms with Crippen LogP contribution in [0.4, 0.5) is 0 Å². The maximum atomic E-state index is 13.1. The summed E-state index contributed by atoms with van der Waals surface area (Å²) < 4.78 is 0. The first-order valence-electron chi connectivity index (χ1n) is 8.88. The van der Waals surface area contributed by atoms with Crippen LogP contribution in [0, 0.1) is 10.8 Å². The number of nitrogens with zero attached hydrogens (tertiary/aromatic N) is 2. The van der Waals surface area contributed by atoms with Crippen LogP contribution in [0.5, 0.6) is 0 Å². The highest BCUT2D eigenvalue weighted by Gasteiger charge is 2.41. The number of hydrogen-bond donors (Lipinski definition) is 2. The standard InChI is InChI=1S/C18H33N3O2/c1-17(2,3)16(22)21(14-6-8-18(4,5)9-7-14)15-10-13(11-20-23)19-12-15/h11,13-15,19,23H,6-10,12H2,1-5H3/b20-11+/t13-,15-/m0/s1. The molecule has 5 nitrogen and oxygen atoms in total. The Hall–Kier alpha value is -1.10. The van der Waals surface area contributed by atoms with E-state index in [0.29, 0.717) is 11.5 Å². The fraction of sp³-hybridized carbons (Fsp3) is 0.889. The van der Waals surface area contributed by atoms with Crippen molar-refractivity contribution in [2.75, 3.05) is 6.54 Å². The molecule has 0 aromatic heterocycles. The summed E-state index contributed by atoms with van der Waals surface area (Å²) in [5.41, 5.74) is 0.0308. The highest BCUT2D eigenvalue weighted by Crippen LogP contribution is 2.39. The Labute approximate surface area is 140 Å². The molecule has 2 N–H and O–H groups in total. The van der Waals surface area contributed by atoms with Crippen LogP contribution >= 0.6 is 0 Å². The van der Waals surface area contributed by atoms with Gasteiger partial charge in [0.15, 0.2) is 0 Å². The molecule has 0 unspecified atom stereocenters. The molecule has 0 aromatic carbocycles. The lowest BCUT2D eigenvalue weighted by Crippen LogP contribution is -2.53. The molecular weight excluding hydrogens is 290 g/mol. The van der Waals surface area contributed by atoms with Gasteiger partial charge in [0.25, 0.3) is 0 Å². The van der Waals surface area contributed by atoms with E-state index in [1.165, 1.54) is 19.1 Å². The first-order chi connectivity index (χ1) is 10.6. The Morgan fingerprint density at radius 2 is 1.87 bits per heavy atom. The molecule has 132 valence electrons. The zero-order valence-electron chi connectivity index (χ0n) is 15.3. The van der Waals surface area contributed by atoms with Gasteiger partial charge < -0.3 is 15.4 Å². The van der Waals surface area contributed by atoms with Crippen molar-refractivity contribution in [3.05, 3.63) is 0 Å². The third-order valence-electron chi connectivity index (χ3n) is 5.36. The largest absolute Gasteiger partial charge is 0.411 e. The lowest BCUT2D eigenvalue weighted by Gasteiger charge is -2.44. The molecule has 2 aliphatic rings. The third-order valence-corrected chi connectivity index (χ3v) is 5.36. The van der Waals surface area contributed by atoms with Crippen molar-refractivity contribution < 1.29 is 10.0 Å². The van der Waals surface area contributed by atoms with Crippen molar-refractivity contribution in [2.45, 2.75) is 84.8 Å². The molecule has 0 radical (unpaired) electrons. The van der Waals surface area contributed by atoms with E-state index >= 15 is 0 Å². The van der Waals surface area contributed by atoms with Crippen LogP contribution in [-0.4, -0.2) is 46.9 Å². The number of carbonyl (C=O) groups is 1. The van der Waals surface area contributed by atoms with Crippen LogP contribution in [0.2, 0.25) is 0 Å². The van der Waals surface area contributed by atoms with Crippen LogP contribution < -0.4 is 5.32 Å². The zero-order valence-corrected chi connectivity index (χ0v) is 15.3. The monoisotopic (exact) mass is 323 g/mol. The fourth-order valence-electron chi connectivity index (χ4n) is 3.83. The molecule has 0 aromatic rings. The molecule has 1 aliphatic carbocycles. The van der Waals surface area contributed by atoms with E-state index in [0.717, 1.165) is 25.8 Å². The molecule has 1 aliphatic heterocycles. The number of oxime groups is 1. The first kappa shape index (κ1) is 18.2. The van der Waals surface area contributed by atoms with Gasteiger partial charge in [0.05, 0.1) is 6.21 Å². The highest BCUT2D eigenvalue weighted by molar-refractivity contribution is 5.82. The van der Waals surface area contributed by atoms with Crippen molar-refractivity contribution in [1.82, 2.24) is 10.2 Å². The number of hydrogen-bond acceptors (Lipinski definition) is 4. The minimum Gasteiger partial charge on any atom is -0.411 e. The van der Waals surface area contributed by atoms with Crippen LogP contribution in [0.25, 0.3) is 0 Å². The zero-order chi connectivity index (χ0) is 17.3. The van der Waals surface area contributed by atoms with Gasteiger partial charge in [0.1, 0.15) is 0 Å². The molecule has 1 saturated heterocycles. The second-order valence-corrected chi connectivity index (χ2v) is 9.03. The Bertz CT molecular complexity index is 444. The molecule has 1 heterocycles. The van der Waals surface area contributed by atoms with Gasteiger partial charge in [0, 0.05) is 30.1 Å². The molecule has 23 heavy (non-hydrogen) atoms. The maximum absolute atomic E-state index is 13.1. The van der Waals surface area contributed by atoms with E-state index in [9.17, 15) is 4.79 Å². The van der Waals surface area contributed by atoms with Gasteiger partial charge in [-0.15, -0.1) is 5.16 Å². The molecule has 1 amide bonds. The maximum Gasteiger partial charge on any atom is 0.228 e. The quantitative estimate of drug-likeness (QED) is 0.477. The van der Waals surface area contributed by atoms with E-state index in [2.05, 4.69) is 29.2 Å². The lowest BCUT2D eigenvalue weighted by atomic mass is 9.74. The van der Waals surface area contributed by atoms with Crippen LogP contribution in [-0.2, 0) is 4.79 Å². The highest BCUT2D eigenvalue weighted by atomic mass is 16.4. The van der Waals surface area contributed by atoms with Crippen molar-refractivity contribution in [1.29, 1.82) is 0 Å². The van der Waals surface area contributed by atoms with Gasteiger partial charge in [-0.3, -0.25) is 4.79 Å².